The Morgan fingerprint density at radius 3 is 1.47 bits per heavy atom. The molecule has 1 saturated carbocycles. The van der Waals surface area contributed by atoms with Crippen LogP contribution in [0.5, 0.6) is 0 Å². The smallest absolute Gasteiger partial charge is 0.0493 e. The molecule has 2 nitrogen and oxygen atoms in total. The molecule has 4 aliphatic rings. The van der Waals surface area contributed by atoms with Gasteiger partial charge >= 0.3 is 0 Å². The molecule has 2 heteroatoms. The third-order valence-corrected chi connectivity index (χ3v) is 15.9. The standard InChI is InChI=1S/C55H74N2/c1-36-29-45-48(55(12,13)28-27-52(45,6)7)35-49(36)57(41-20-22-44-47(34-41)54(10,11)26-24-51(44,4)5)42-31-38(37-17-15-14-16-18-37)30-40(32-42)56-39-19-21-43-46(33-39)53(8,9)25-23-50(43,2)3/h19-22,29-35,37,56H,14-18,23-28H2,1-13H3. The summed E-state index contributed by atoms with van der Waals surface area (Å²) in [6, 6.07) is 27.5. The molecule has 0 saturated heterocycles. The van der Waals surface area contributed by atoms with Crippen molar-refractivity contribution in [3.63, 3.8) is 0 Å². The quantitative estimate of drug-likeness (QED) is 0.210. The van der Waals surface area contributed by atoms with E-state index in [0.717, 1.165) is 0 Å². The molecule has 0 unspecified atom stereocenters. The van der Waals surface area contributed by atoms with Gasteiger partial charge in [-0.2, -0.15) is 0 Å². The SMILES string of the molecule is Cc1cc2c(cc1N(c1cc(Nc3ccc4c(c3)C(C)(C)CCC4(C)C)cc(C3CCCCC3)c1)c1ccc3c(c1)C(C)(C)CCC3(C)C)C(C)(C)CCC2(C)C. The van der Waals surface area contributed by atoms with Crippen molar-refractivity contribution in [1.82, 2.24) is 0 Å². The molecular formula is C55H74N2. The molecule has 4 aromatic carbocycles. The van der Waals surface area contributed by atoms with Gasteiger partial charge in [0.2, 0.25) is 0 Å². The zero-order valence-corrected chi connectivity index (χ0v) is 38.2. The number of hydrogen-bond donors (Lipinski definition) is 1. The first kappa shape index (κ1) is 40.3. The molecule has 0 spiro atoms. The molecule has 304 valence electrons. The molecule has 57 heavy (non-hydrogen) atoms. The van der Waals surface area contributed by atoms with Crippen molar-refractivity contribution in [2.24, 2.45) is 0 Å². The monoisotopic (exact) mass is 763 g/mol. The third-order valence-electron chi connectivity index (χ3n) is 15.9. The third kappa shape index (κ3) is 7.29. The van der Waals surface area contributed by atoms with Crippen LogP contribution in [0.4, 0.5) is 28.4 Å². The fourth-order valence-electron chi connectivity index (χ4n) is 11.4. The van der Waals surface area contributed by atoms with Crippen LogP contribution < -0.4 is 10.2 Å². The predicted octanol–water partition coefficient (Wildman–Crippen LogP) is 16.3. The minimum atomic E-state index is 0.117. The van der Waals surface area contributed by atoms with Crippen LogP contribution >= 0.6 is 0 Å². The zero-order chi connectivity index (χ0) is 40.9. The van der Waals surface area contributed by atoms with E-state index >= 15 is 0 Å². The van der Waals surface area contributed by atoms with E-state index in [2.05, 4.69) is 167 Å². The normalized spacial score (nSPS) is 22.5. The highest BCUT2D eigenvalue weighted by Gasteiger charge is 2.41. The Bertz CT molecular complexity index is 2180. The summed E-state index contributed by atoms with van der Waals surface area (Å²) in [6.45, 7) is 31.8. The van der Waals surface area contributed by atoms with Gasteiger partial charge < -0.3 is 10.2 Å². The van der Waals surface area contributed by atoms with Crippen molar-refractivity contribution in [2.75, 3.05) is 10.2 Å². The summed E-state index contributed by atoms with van der Waals surface area (Å²) in [5.41, 5.74) is 19.1. The second-order valence-corrected chi connectivity index (χ2v) is 23.1. The number of nitrogens with zero attached hydrogens (tertiary/aromatic N) is 1. The summed E-state index contributed by atoms with van der Waals surface area (Å²) in [7, 11) is 0. The number of benzene rings is 4. The number of nitrogens with one attached hydrogen (secondary N) is 1. The molecular weight excluding hydrogens is 689 g/mol. The molecule has 0 amide bonds. The topological polar surface area (TPSA) is 15.3 Å². The molecule has 1 N–H and O–H groups in total. The molecule has 0 heterocycles. The van der Waals surface area contributed by atoms with Gasteiger partial charge in [0.25, 0.3) is 0 Å². The number of anilines is 5. The fourth-order valence-corrected chi connectivity index (χ4v) is 11.4. The maximum absolute atomic E-state index is 4.03. The Morgan fingerprint density at radius 2 is 0.912 bits per heavy atom. The van der Waals surface area contributed by atoms with Gasteiger partial charge in [0.05, 0.1) is 0 Å². The summed E-state index contributed by atoms with van der Waals surface area (Å²) in [4.78, 5) is 2.65. The highest BCUT2D eigenvalue weighted by atomic mass is 15.1. The van der Waals surface area contributed by atoms with Crippen molar-refractivity contribution in [2.45, 2.75) is 199 Å². The van der Waals surface area contributed by atoms with E-state index < -0.39 is 0 Å². The van der Waals surface area contributed by atoms with Crippen LogP contribution in [-0.2, 0) is 32.5 Å². The lowest BCUT2D eigenvalue weighted by molar-refractivity contribution is 0.331. The van der Waals surface area contributed by atoms with Crippen molar-refractivity contribution in [3.05, 3.63) is 111 Å². The van der Waals surface area contributed by atoms with Crippen molar-refractivity contribution < 1.29 is 0 Å². The van der Waals surface area contributed by atoms with Crippen LogP contribution in [0.25, 0.3) is 0 Å². The second kappa shape index (κ2) is 13.8. The summed E-state index contributed by atoms with van der Waals surface area (Å²) < 4.78 is 0. The highest BCUT2D eigenvalue weighted by molar-refractivity contribution is 5.83. The number of hydrogen-bond acceptors (Lipinski definition) is 2. The lowest BCUT2D eigenvalue weighted by atomic mass is 9.62. The molecule has 0 radical (unpaired) electrons. The molecule has 0 aliphatic heterocycles. The van der Waals surface area contributed by atoms with Crippen LogP contribution in [0.1, 0.15) is 204 Å². The predicted molar refractivity (Wildman–Crippen MR) is 247 cm³/mol. The first-order chi connectivity index (χ1) is 26.6. The Hall–Kier alpha value is -3.52. The summed E-state index contributed by atoms with van der Waals surface area (Å²) >= 11 is 0. The summed E-state index contributed by atoms with van der Waals surface area (Å²) in [5, 5.41) is 4.03. The van der Waals surface area contributed by atoms with Gasteiger partial charge in [-0.25, -0.2) is 0 Å². The van der Waals surface area contributed by atoms with Gasteiger partial charge in [0.15, 0.2) is 0 Å². The van der Waals surface area contributed by atoms with Gasteiger partial charge in [-0.15, -0.1) is 0 Å². The largest absolute Gasteiger partial charge is 0.355 e. The minimum absolute atomic E-state index is 0.117. The molecule has 8 rings (SSSR count). The van der Waals surface area contributed by atoms with E-state index in [1.807, 2.05) is 0 Å². The van der Waals surface area contributed by atoms with E-state index in [0.29, 0.717) is 5.92 Å². The van der Waals surface area contributed by atoms with Gasteiger partial charge in [0, 0.05) is 28.4 Å². The Balaban J connectivity index is 1.34. The average Bonchev–Trinajstić information content (AvgIpc) is 3.15. The van der Waals surface area contributed by atoms with Crippen LogP contribution in [0, 0.1) is 6.92 Å². The Kier molecular flexibility index (Phi) is 9.73. The van der Waals surface area contributed by atoms with Gasteiger partial charge in [-0.1, -0.05) is 121 Å². The van der Waals surface area contributed by atoms with Crippen molar-refractivity contribution in [3.8, 4) is 0 Å². The molecule has 4 aliphatic carbocycles. The number of aryl methyl sites for hydroxylation is 1. The van der Waals surface area contributed by atoms with Gasteiger partial charge in [0.1, 0.15) is 0 Å². The van der Waals surface area contributed by atoms with E-state index in [-0.39, 0.29) is 32.5 Å². The van der Waals surface area contributed by atoms with Crippen molar-refractivity contribution in [1.29, 1.82) is 0 Å². The number of fused-ring (bicyclic) bond motifs is 3. The zero-order valence-electron chi connectivity index (χ0n) is 38.2. The average molecular weight is 763 g/mol. The summed E-state index contributed by atoms with van der Waals surface area (Å²) in [6.07, 6.45) is 13.9. The maximum Gasteiger partial charge on any atom is 0.0493 e. The molecule has 0 bridgehead atoms. The minimum Gasteiger partial charge on any atom is -0.355 e. The molecule has 0 atom stereocenters. The van der Waals surface area contributed by atoms with Crippen LogP contribution in [0.2, 0.25) is 0 Å². The van der Waals surface area contributed by atoms with Crippen LogP contribution in [0.15, 0.2) is 66.7 Å². The summed E-state index contributed by atoms with van der Waals surface area (Å²) in [5.74, 6) is 0.581. The Morgan fingerprint density at radius 1 is 0.439 bits per heavy atom. The lowest BCUT2D eigenvalue weighted by Gasteiger charge is -2.44. The van der Waals surface area contributed by atoms with E-state index in [1.54, 1.807) is 0 Å². The Labute approximate surface area is 347 Å². The first-order valence-corrected chi connectivity index (χ1v) is 22.8. The van der Waals surface area contributed by atoms with E-state index in [9.17, 15) is 0 Å². The van der Waals surface area contributed by atoms with Gasteiger partial charge in [-0.05, 0) is 190 Å². The molecule has 0 aromatic heterocycles. The van der Waals surface area contributed by atoms with E-state index in [4.69, 9.17) is 0 Å². The van der Waals surface area contributed by atoms with Gasteiger partial charge in [-0.3, -0.25) is 0 Å². The van der Waals surface area contributed by atoms with E-state index in [1.165, 1.54) is 144 Å². The maximum atomic E-state index is 4.03. The molecule has 1 fully saturated rings. The molecule has 4 aromatic rings. The number of rotatable bonds is 6. The first-order valence-electron chi connectivity index (χ1n) is 22.8. The van der Waals surface area contributed by atoms with Crippen molar-refractivity contribution >= 4 is 28.4 Å². The highest BCUT2D eigenvalue weighted by Crippen LogP contribution is 2.53. The van der Waals surface area contributed by atoms with Crippen LogP contribution in [-0.4, -0.2) is 0 Å². The van der Waals surface area contributed by atoms with Crippen LogP contribution in [0.3, 0.4) is 0 Å². The second-order valence-electron chi connectivity index (χ2n) is 23.1. The lowest BCUT2D eigenvalue weighted by Crippen LogP contribution is -2.34. The fraction of sp³-hybridized carbons (Fsp3) is 0.564.